The number of nitrogens with one attached hydrogen (secondary N) is 2. The molecule has 0 bridgehead atoms. The minimum absolute atomic E-state index is 0.0728. The van der Waals surface area contributed by atoms with Crippen LogP contribution in [0.15, 0.2) is 17.3 Å². The fraction of sp³-hybridized carbons (Fsp3) is 0.562. The third-order valence-electron chi connectivity index (χ3n) is 4.73. The van der Waals surface area contributed by atoms with E-state index in [4.69, 9.17) is 11.5 Å². The molecule has 7 heteroatoms. The van der Waals surface area contributed by atoms with Gasteiger partial charge in [-0.3, -0.25) is 9.79 Å². The summed E-state index contributed by atoms with van der Waals surface area (Å²) in [7, 11) is 0. The lowest BCUT2D eigenvalue weighted by Gasteiger charge is -2.27. The van der Waals surface area contributed by atoms with Crippen LogP contribution in [0.5, 0.6) is 0 Å². The van der Waals surface area contributed by atoms with E-state index in [-0.39, 0.29) is 17.8 Å². The first-order valence-corrected chi connectivity index (χ1v) is 8.21. The average molecular weight is 316 g/mol. The third-order valence-corrected chi connectivity index (χ3v) is 4.73. The summed E-state index contributed by atoms with van der Waals surface area (Å²) >= 11 is 0. The number of rotatable bonds is 4. The van der Waals surface area contributed by atoms with E-state index in [0.717, 1.165) is 55.7 Å². The number of fused-ring (bicyclic) bond motifs is 1. The molecule has 0 radical (unpaired) electrons. The molecule has 7 nitrogen and oxygen atoms in total. The first-order chi connectivity index (χ1) is 11.1. The van der Waals surface area contributed by atoms with E-state index >= 15 is 0 Å². The Kier molecular flexibility index (Phi) is 4.64. The number of carbonyl (C=O) groups is 1. The minimum Gasteiger partial charge on any atom is -0.370 e. The average Bonchev–Trinajstić information content (AvgIpc) is 3.03. The first kappa shape index (κ1) is 15.6. The van der Waals surface area contributed by atoms with Crippen molar-refractivity contribution in [2.45, 2.75) is 32.1 Å². The lowest BCUT2D eigenvalue weighted by atomic mass is 9.81. The number of pyridine rings is 1. The van der Waals surface area contributed by atoms with Crippen LogP contribution < -0.4 is 22.1 Å². The second-order valence-corrected chi connectivity index (χ2v) is 6.33. The number of anilines is 2. The lowest BCUT2D eigenvalue weighted by molar-refractivity contribution is -0.121. The number of nitrogens with zero attached hydrogens (tertiary/aromatic N) is 2. The second-order valence-electron chi connectivity index (χ2n) is 6.33. The summed E-state index contributed by atoms with van der Waals surface area (Å²) in [5, 5.41) is 6.32. The van der Waals surface area contributed by atoms with Crippen molar-refractivity contribution in [3.05, 3.63) is 17.8 Å². The summed E-state index contributed by atoms with van der Waals surface area (Å²) in [5.41, 5.74) is 12.7. The number of hydrogen-bond donors (Lipinski definition) is 4. The van der Waals surface area contributed by atoms with E-state index < -0.39 is 0 Å². The van der Waals surface area contributed by atoms with Crippen molar-refractivity contribution in [2.75, 3.05) is 23.7 Å². The molecule has 1 saturated carbocycles. The molecule has 0 aromatic carbocycles. The van der Waals surface area contributed by atoms with Gasteiger partial charge in [-0.25, -0.2) is 4.98 Å². The number of aromatic nitrogens is 1. The molecular weight excluding hydrogens is 292 g/mol. The Labute approximate surface area is 135 Å². The van der Waals surface area contributed by atoms with Crippen LogP contribution in [0.25, 0.3) is 0 Å². The molecule has 1 fully saturated rings. The fourth-order valence-electron chi connectivity index (χ4n) is 3.40. The van der Waals surface area contributed by atoms with Crippen LogP contribution in [0.1, 0.15) is 31.2 Å². The number of amides is 1. The van der Waals surface area contributed by atoms with Crippen LogP contribution in [-0.4, -0.2) is 29.9 Å². The Balaban J connectivity index is 1.54. The minimum atomic E-state index is 0.0728. The molecule has 0 saturated heterocycles. The van der Waals surface area contributed by atoms with Gasteiger partial charge in [-0.1, -0.05) is 0 Å². The number of hydrogen-bond acceptors (Lipinski definition) is 4. The molecule has 1 aromatic rings. The van der Waals surface area contributed by atoms with Crippen molar-refractivity contribution in [2.24, 2.45) is 28.3 Å². The van der Waals surface area contributed by atoms with Crippen molar-refractivity contribution in [3.8, 4) is 0 Å². The highest BCUT2D eigenvalue weighted by Crippen LogP contribution is 2.31. The Morgan fingerprint density at radius 3 is 2.87 bits per heavy atom. The summed E-state index contributed by atoms with van der Waals surface area (Å²) in [6.07, 6.45) is 6.41. The largest absolute Gasteiger partial charge is 0.370 e. The number of guanidine groups is 1. The van der Waals surface area contributed by atoms with Crippen molar-refractivity contribution in [1.29, 1.82) is 0 Å². The predicted octanol–water partition coefficient (Wildman–Crippen LogP) is 1.07. The van der Waals surface area contributed by atoms with E-state index in [0.29, 0.717) is 12.5 Å². The molecule has 23 heavy (non-hydrogen) atoms. The van der Waals surface area contributed by atoms with Crippen molar-refractivity contribution < 1.29 is 4.79 Å². The zero-order valence-electron chi connectivity index (χ0n) is 13.2. The molecule has 0 unspecified atom stereocenters. The van der Waals surface area contributed by atoms with Gasteiger partial charge in [0.15, 0.2) is 5.96 Å². The zero-order chi connectivity index (χ0) is 16.2. The monoisotopic (exact) mass is 316 g/mol. The summed E-state index contributed by atoms with van der Waals surface area (Å²) in [4.78, 5) is 20.9. The number of aliphatic imine (C=N–C) groups is 1. The van der Waals surface area contributed by atoms with E-state index in [1.54, 1.807) is 6.20 Å². The Bertz CT molecular complexity index is 603. The normalized spacial score (nSPS) is 22.8. The van der Waals surface area contributed by atoms with Crippen molar-refractivity contribution >= 4 is 23.4 Å². The van der Waals surface area contributed by atoms with Gasteiger partial charge in [0, 0.05) is 36.5 Å². The first-order valence-electron chi connectivity index (χ1n) is 8.21. The molecular formula is C16H24N6O. The van der Waals surface area contributed by atoms with Gasteiger partial charge < -0.3 is 22.1 Å². The van der Waals surface area contributed by atoms with Gasteiger partial charge in [0.05, 0.1) is 0 Å². The maximum Gasteiger partial charge on any atom is 0.227 e. The highest BCUT2D eigenvalue weighted by Gasteiger charge is 2.27. The maximum absolute atomic E-state index is 12.5. The quantitative estimate of drug-likeness (QED) is 0.489. The van der Waals surface area contributed by atoms with Gasteiger partial charge in [-0.15, -0.1) is 0 Å². The maximum atomic E-state index is 12.5. The highest BCUT2D eigenvalue weighted by molar-refractivity contribution is 5.94. The fourth-order valence-corrected chi connectivity index (χ4v) is 3.40. The number of carbonyl (C=O) groups excluding carboxylic acids is 1. The summed E-state index contributed by atoms with van der Waals surface area (Å²) in [5.74, 6) is 1.71. The molecule has 0 spiro atoms. The SMILES string of the molecule is NC(N)=NCC1CCC(C(=O)Nc2ccnc3c2CCN3)CC1. The zero-order valence-corrected chi connectivity index (χ0v) is 13.2. The van der Waals surface area contributed by atoms with E-state index in [1.807, 2.05) is 6.07 Å². The second kappa shape index (κ2) is 6.85. The molecule has 3 rings (SSSR count). The Morgan fingerprint density at radius 2 is 2.13 bits per heavy atom. The van der Waals surface area contributed by atoms with Gasteiger partial charge in [0.2, 0.25) is 5.91 Å². The van der Waals surface area contributed by atoms with E-state index in [1.165, 1.54) is 0 Å². The van der Waals surface area contributed by atoms with Gasteiger partial charge in [-0.05, 0) is 44.1 Å². The third kappa shape index (κ3) is 3.72. The van der Waals surface area contributed by atoms with Crippen molar-refractivity contribution in [1.82, 2.24) is 4.98 Å². The Hall–Kier alpha value is -2.31. The smallest absolute Gasteiger partial charge is 0.227 e. The van der Waals surface area contributed by atoms with Gasteiger partial charge >= 0.3 is 0 Å². The van der Waals surface area contributed by atoms with Gasteiger partial charge in [-0.2, -0.15) is 0 Å². The van der Waals surface area contributed by atoms with Crippen LogP contribution in [-0.2, 0) is 11.2 Å². The lowest BCUT2D eigenvalue weighted by Crippen LogP contribution is -2.29. The molecule has 1 aliphatic carbocycles. The molecule has 2 aliphatic rings. The molecule has 0 atom stereocenters. The molecule has 1 aliphatic heterocycles. The van der Waals surface area contributed by atoms with E-state index in [2.05, 4.69) is 20.6 Å². The van der Waals surface area contributed by atoms with E-state index in [9.17, 15) is 4.79 Å². The van der Waals surface area contributed by atoms with Crippen LogP contribution >= 0.6 is 0 Å². The van der Waals surface area contributed by atoms with Gasteiger partial charge in [0.25, 0.3) is 0 Å². The summed E-state index contributed by atoms with van der Waals surface area (Å²) < 4.78 is 0. The standard InChI is InChI=1S/C16H24N6O/c17-16(18)21-9-10-1-3-11(4-2-10)15(23)22-13-6-8-20-14-12(13)5-7-19-14/h6,8,10-11H,1-5,7,9H2,(H4,17,18,21)(H2,19,20,22,23). The van der Waals surface area contributed by atoms with Crippen LogP contribution in [0.3, 0.4) is 0 Å². The van der Waals surface area contributed by atoms with Gasteiger partial charge in [0.1, 0.15) is 5.82 Å². The molecule has 124 valence electrons. The summed E-state index contributed by atoms with van der Waals surface area (Å²) in [6, 6.07) is 1.88. The topological polar surface area (TPSA) is 118 Å². The number of nitrogens with two attached hydrogens (primary N) is 2. The van der Waals surface area contributed by atoms with Crippen LogP contribution in [0.4, 0.5) is 11.5 Å². The highest BCUT2D eigenvalue weighted by atomic mass is 16.1. The molecule has 6 N–H and O–H groups in total. The molecule has 1 aromatic heterocycles. The molecule has 1 amide bonds. The van der Waals surface area contributed by atoms with Crippen LogP contribution in [0, 0.1) is 11.8 Å². The van der Waals surface area contributed by atoms with Crippen molar-refractivity contribution in [3.63, 3.8) is 0 Å². The predicted molar refractivity (Wildman–Crippen MR) is 91.2 cm³/mol. The Morgan fingerprint density at radius 1 is 1.35 bits per heavy atom. The van der Waals surface area contributed by atoms with Crippen LogP contribution in [0.2, 0.25) is 0 Å². The summed E-state index contributed by atoms with van der Waals surface area (Å²) in [6.45, 7) is 1.55. The molecule has 2 heterocycles.